The van der Waals surface area contributed by atoms with Crippen LogP contribution in [0.25, 0.3) is 0 Å². The molecular weight excluding hydrogens is 383 g/mol. The molecule has 2 rings (SSSR count). The highest BCUT2D eigenvalue weighted by atomic mass is 19.4. The Balaban J connectivity index is 1.77. The largest absolute Gasteiger partial charge is 0.403 e. The van der Waals surface area contributed by atoms with E-state index in [1.165, 1.54) is 11.8 Å². The Labute approximate surface area is 170 Å². The Hall–Kier alpha value is -2.29. The average Bonchev–Trinajstić information content (AvgIpc) is 2.72. The van der Waals surface area contributed by atoms with E-state index in [-0.39, 0.29) is 5.91 Å². The number of nitrogens with one attached hydrogen (secondary N) is 2. The van der Waals surface area contributed by atoms with E-state index in [1.807, 2.05) is 30.0 Å². The molecule has 1 aromatic rings. The van der Waals surface area contributed by atoms with Crippen LogP contribution >= 0.6 is 0 Å². The molecule has 162 valence electrons. The van der Waals surface area contributed by atoms with E-state index in [0.717, 1.165) is 0 Å². The zero-order valence-electron chi connectivity index (χ0n) is 17.0. The molecule has 1 heterocycles. The highest BCUT2D eigenvalue weighted by Gasteiger charge is 2.41. The van der Waals surface area contributed by atoms with Crippen LogP contribution in [0.5, 0.6) is 0 Å². The Morgan fingerprint density at radius 1 is 1.14 bits per heavy atom. The van der Waals surface area contributed by atoms with Gasteiger partial charge < -0.3 is 15.5 Å². The molecule has 1 amide bonds. The number of guanidine groups is 1. The predicted molar refractivity (Wildman–Crippen MR) is 108 cm³/mol. The molecule has 29 heavy (non-hydrogen) atoms. The third kappa shape index (κ3) is 7.23. The second-order valence-electron chi connectivity index (χ2n) is 6.95. The maximum Gasteiger partial charge on any atom is 0.403 e. The number of amides is 1. The van der Waals surface area contributed by atoms with Crippen LogP contribution in [0.3, 0.4) is 0 Å². The Bertz CT molecular complexity index is 658. The fourth-order valence-corrected chi connectivity index (χ4v) is 3.11. The summed E-state index contributed by atoms with van der Waals surface area (Å²) in [7, 11) is 0. The summed E-state index contributed by atoms with van der Waals surface area (Å²) in [4.78, 5) is 20.0. The summed E-state index contributed by atoms with van der Waals surface area (Å²) in [6.45, 7) is 6.56. The van der Waals surface area contributed by atoms with Gasteiger partial charge in [-0.25, -0.2) is 0 Å². The van der Waals surface area contributed by atoms with Crippen LogP contribution in [-0.2, 0) is 0 Å². The van der Waals surface area contributed by atoms with Crippen LogP contribution in [0.15, 0.2) is 35.3 Å². The van der Waals surface area contributed by atoms with Gasteiger partial charge in [-0.2, -0.15) is 13.2 Å². The Kier molecular flexibility index (Phi) is 8.75. The number of hydrogen-bond acceptors (Lipinski definition) is 3. The zero-order chi connectivity index (χ0) is 21.3. The molecule has 1 aliphatic heterocycles. The molecule has 9 heteroatoms. The average molecular weight is 413 g/mol. The first-order chi connectivity index (χ1) is 13.8. The molecule has 0 radical (unpaired) electrons. The fourth-order valence-electron chi connectivity index (χ4n) is 3.11. The van der Waals surface area contributed by atoms with Crippen molar-refractivity contribution in [2.24, 2.45) is 4.99 Å². The summed E-state index contributed by atoms with van der Waals surface area (Å²) in [5, 5.41) is 6.06. The maximum absolute atomic E-state index is 12.9. The molecular formula is C20H30F3N5O. The summed E-state index contributed by atoms with van der Waals surface area (Å²) in [5.41, 5.74) is 0.621. The van der Waals surface area contributed by atoms with E-state index >= 15 is 0 Å². The van der Waals surface area contributed by atoms with E-state index in [2.05, 4.69) is 15.6 Å². The van der Waals surface area contributed by atoms with Crippen molar-refractivity contribution >= 4 is 11.9 Å². The van der Waals surface area contributed by atoms with Crippen LogP contribution in [0.4, 0.5) is 13.2 Å². The van der Waals surface area contributed by atoms with Gasteiger partial charge in [-0.15, -0.1) is 0 Å². The molecule has 0 bridgehead atoms. The van der Waals surface area contributed by atoms with Crippen LogP contribution in [-0.4, -0.2) is 79.7 Å². The van der Waals surface area contributed by atoms with Crippen LogP contribution in [0, 0.1) is 0 Å². The van der Waals surface area contributed by atoms with Gasteiger partial charge in [0.1, 0.15) is 6.04 Å². The normalized spacial score (nSPS) is 17.1. The number of carbonyl (C=O) groups is 1. The molecule has 1 atom stereocenters. The lowest BCUT2D eigenvalue weighted by molar-refractivity contribution is -0.181. The molecule has 2 N–H and O–H groups in total. The van der Waals surface area contributed by atoms with Crippen LogP contribution in [0.1, 0.15) is 30.6 Å². The minimum atomic E-state index is -4.20. The van der Waals surface area contributed by atoms with Gasteiger partial charge in [-0.05, 0) is 32.4 Å². The molecule has 0 aliphatic carbocycles. The van der Waals surface area contributed by atoms with Gasteiger partial charge >= 0.3 is 6.18 Å². The summed E-state index contributed by atoms with van der Waals surface area (Å²) >= 11 is 0. The number of rotatable bonds is 7. The number of hydrogen-bond donors (Lipinski definition) is 2. The first-order valence-electron chi connectivity index (χ1n) is 10.00. The summed E-state index contributed by atoms with van der Waals surface area (Å²) in [6.07, 6.45) is -3.52. The van der Waals surface area contributed by atoms with Crippen molar-refractivity contribution in [3.63, 3.8) is 0 Å². The van der Waals surface area contributed by atoms with Gasteiger partial charge in [0.2, 0.25) is 0 Å². The molecule has 6 nitrogen and oxygen atoms in total. The van der Waals surface area contributed by atoms with Gasteiger partial charge in [-0.3, -0.25) is 14.7 Å². The van der Waals surface area contributed by atoms with Gasteiger partial charge in [0.15, 0.2) is 5.96 Å². The molecule has 1 aliphatic rings. The third-order valence-corrected chi connectivity index (χ3v) is 4.89. The van der Waals surface area contributed by atoms with Crippen LogP contribution in [0.2, 0.25) is 0 Å². The van der Waals surface area contributed by atoms with Gasteiger partial charge in [0, 0.05) is 51.4 Å². The summed E-state index contributed by atoms with van der Waals surface area (Å²) < 4.78 is 38.7. The highest BCUT2D eigenvalue weighted by Crippen LogP contribution is 2.25. The lowest BCUT2D eigenvalue weighted by Gasteiger charge is -2.39. The van der Waals surface area contributed by atoms with Crippen molar-refractivity contribution in [3.8, 4) is 0 Å². The van der Waals surface area contributed by atoms with Gasteiger partial charge in [0.05, 0.1) is 0 Å². The van der Waals surface area contributed by atoms with E-state index in [4.69, 9.17) is 0 Å². The maximum atomic E-state index is 12.9. The number of carbonyl (C=O) groups excluding carboxylic acids is 1. The number of piperazine rings is 1. The molecule has 0 spiro atoms. The SMILES string of the molecule is CCNC(=NCCCNC(=O)c1ccccc1)N1CCN(C(C)C(F)(F)F)CC1. The van der Waals surface area contributed by atoms with E-state index in [0.29, 0.717) is 63.8 Å². The molecule has 1 saturated heterocycles. The molecule has 0 saturated carbocycles. The first kappa shape index (κ1) is 23.0. The van der Waals surface area contributed by atoms with E-state index < -0.39 is 12.2 Å². The standard InChI is InChI=1S/C20H30F3N5O/c1-3-24-19(28-14-12-27(13-15-28)16(2)20(21,22)23)26-11-7-10-25-18(29)17-8-5-4-6-9-17/h4-6,8-9,16H,3,7,10-15H2,1-2H3,(H,24,26)(H,25,29). The van der Waals surface area contributed by atoms with E-state index in [1.54, 1.807) is 12.1 Å². The smallest absolute Gasteiger partial charge is 0.357 e. The van der Waals surface area contributed by atoms with Crippen LogP contribution < -0.4 is 10.6 Å². The number of aliphatic imine (C=N–C) groups is 1. The third-order valence-electron chi connectivity index (χ3n) is 4.89. The Morgan fingerprint density at radius 2 is 1.79 bits per heavy atom. The van der Waals surface area contributed by atoms with Crippen molar-refractivity contribution < 1.29 is 18.0 Å². The molecule has 1 unspecified atom stereocenters. The summed E-state index contributed by atoms with van der Waals surface area (Å²) in [6, 6.07) is 7.58. The molecule has 1 fully saturated rings. The number of benzene rings is 1. The minimum absolute atomic E-state index is 0.114. The second kappa shape index (κ2) is 11.0. The zero-order valence-corrected chi connectivity index (χ0v) is 17.0. The van der Waals surface area contributed by atoms with E-state index in [9.17, 15) is 18.0 Å². The Morgan fingerprint density at radius 3 is 2.38 bits per heavy atom. The monoisotopic (exact) mass is 413 g/mol. The lowest BCUT2D eigenvalue weighted by atomic mass is 10.2. The number of halogens is 3. The lowest BCUT2D eigenvalue weighted by Crippen LogP contribution is -2.56. The van der Waals surface area contributed by atoms with Gasteiger partial charge in [0.25, 0.3) is 5.91 Å². The van der Waals surface area contributed by atoms with Crippen molar-refractivity contribution in [2.75, 3.05) is 45.8 Å². The molecule has 1 aromatic carbocycles. The fraction of sp³-hybridized carbons (Fsp3) is 0.600. The quantitative estimate of drug-likeness (QED) is 0.409. The van der Waals surface area contributed by atoms with Gasteiger partial charge in [-0.1, -0.05) is 18.2 Å². The van der Waals surface area contributed by atoms with Crippen molar-refractivity contribution in [1.82, 2.24) is 20.4 Å². The van der Waals surface area contributed by atoms with Crippen molar-refractivity contribution in [2.45, 2.75) is 32.5 Å². The number of alkyl halides is 3. The number of nitrogens with zero attached hydrogens (tertiary/aromatic N) is 3. The minimum Gasteiger partial charge on any atom is -0.357 e. The second-order valence-corrected chi connectivity index (χ2v) is 6.95. The predicted octanol–water partition coefficient (Wildman–Crippen LogP) is 2.34. The molecule has 0 aromatic heterocycles. The van der Waals surface area contributed by atoms with Crippen molar-refractivity contribution in [1.29, 1.82) is 0 Å². The topological polar surface area (TPSA) is 60.0 Å². The highest BCUT2D eigenvalue weighted by molar-refractivity contribution is 5.94. The first-order valence-corrected chi connectivity index (χ1v) is 10.00. The van der Waals surface area contributed by atoms with Crippen molar-refractivity contribution in [3.05, 3.63) is 35.9 Å². The summed E-state index contributed by atoms with van der Waals surface area (Å²) in [5.74, 6) is 0.595.